The van der Waals surface area contributed by atoms with Gasteiger partial charge in [0.05, 0.1) is 32.0 Å². The number of amides is 1. The maximum Gasteiger partial charge on any atom is 0.222 e. The number of likely N-dealkylation sites (N-methyl/N-ethyl adjacent to an activating group) is 1. The van der Waals surface area contributed by atoms with Crippen molar-refractivity contribution in [1.29, 1.82) is 0 Å². The number of ether oxygens (including phenoxy) is 2. The second-order valence-electron chi connectivity index (χ2n) is 7.60. The van der Waals surface area contributed by atoms with Crippen molar-refractivity contribution in [3.05, 3.63) is 0 Å². The van der Waals surface area contributed by atoms with Crippen LogP contribution in [0.3, 0.4) is 0 Å². The Morgan fingerprint density at radius 2 is 1.92 bits per heavy atom. The molecule has 2 rings (SSSR count). The first-order chi connectivity index (χ1) is 11.4. The van der Waals surface area contributed by atoms with Gasteiger partial charge in [-0.15, -0.1) is 0 Å². The SMILES string of the molecule is CC(C)OCCOCC(O)CN(C)C(=O)CC1CC2CCC(C1)N2. The van der Waals surface area contributed by atoms with Gasteiger partial charge in [0.25, 0.3) is 0 Å². The van der Waals surface area contributed by atoms with Gasteiger partial charge in [0.15, 0.2) is 0 Å². The van der Waals surface area contributed by atoms with Crippen LogP contribution in [-0.2, 0) is 14.3 Å². The zero-order valence-electron chi connectivity index (χ0n) is 15.4. The Bertz CT molecular complexity index is 379. The Kier molecular flexibility index (Phi) is 7.94. The standard InChI is InChI=1S/C18H34N2O4/c1-13(2)24-7-6-23-12-17(21)11-20(3)18(22)10-14-8-15-4-5-16(9-14)19-15/h13-17,19,21H,4-12H2,1-3H3. The van der Waals surface area contributed by atoms with Crippen molar-refractivity contribution in [2.45, 2.75) is 70.2 Å². The Hall–Kier alpha value is -0.690. The molecule has 2 N–H and O–H groups in total. The smallest absolute Gasteiger partial charge is 0.222 e. The van der Waals surface area contributed by atoms with Gasteiger partial charge in [-0.2, -0.15) is 0 Å². The predicted molar refractivity (Wildman–Crippen MR) is 92.8 cm³/mol. The fraction of sp³-hybridized carbons (Fsp3) is 0.944. The van der Waals surface area contributed by atoms with Gasteiger partial charge in [0.1, 0.15) is 0 Å². The molecular formula is C18H34N2O4. The van der Waals surface area contributed by atoms with Crippen LogP contribution in [0.2, 0.25) is 0 Å². The highest BCUT2D eigenvalue weighted by atomic mass is 16.5. The molecule has 2 fully saturated rings. The Morgan fingerprint density at radius 1 is 1.25 bits per heavy atom. The van der Waals surface area contributed by atoms with Crippen LogP contribution in [0.25, 0.3) is 0 Å². The first kappa shape index (κ1) is 19.6. The van der Waals surface area contributed by atoms with Crippen LogP contribution in [0.5, 0.6) is 0 Å². The van der Waals surface area contributed by atoms with Gasteiger partial charge in [0.2, 0.25) is 5.91 Å². The number of nitrogens with one attached hydrogen (secondary N) is 1. The maximum absolute atomic E-state index is 12.4. The third-order valence-corrected chi connectivity index (χ3v) is 4.93. The zero-order valence-corrected chi connectivity index (χ0v) is 15.4. The molecule has 0 aromatic rings. The van der Waals surface area contributed by atoms with E-state index in [0.717, 1.165) is 12.8 Å². The maximum atomic E-state index is 12.4. The van der Waals surface area contributed by atoms with Gasteiger partial charge < -0.3 is 24.8 Å². The molecule has 1 amide bonds. The highest BCUT2D eigenvalue weighted by molar-refractivity contribution is 5.76. The van der Waals surface area contributed by atoms with E-state index in [0.29, 0.717) is 44.2 Å². The highest BCUT2D eigenvalue weighted by Gasteiger charge is 2.34. The fourth-order valence-electron chi connectivity index (χ4n) is 3.78. The topological polar surface area (TPSA) is 71.0 Å². The minimum absolute atomic E-state index is 0.128. The fourth-order valence-corrected chi connectivity index (χ4v) is 3.78. The normalized spacial score (nSPS) is 27.5. The van der Waals surface area contributed by atoms with Crippen LogP contribution in [-0.4, -0.2) is 73.6 Å². The molecular weight excluding hydrogens is 308 g/mol. The summed E-state index contributed by atoms with van der Waals surface area (Å²) < 4.78 is 10.8. The second kappa shape index (κ2) is 9.70. The monoisotopic (exact) mass is 342 g/mol. The van der Waals surface area contributed by atoms with Gasteiger partial charge in [0, 0.05) is 32.1 Å². The van der Waals surface area contributed by atoms with Crippen LogP contribution >= 0.6 is 0 Å². The summed E-state index contributed by atoms with van der Waals surface area (Å²) in [6.07, 6.45) is 4.86. The van der Waals surface area contributed by atoms with Crippen LogP contribution in [0.15, 0.2) is 0 Å². The summed E-state index contributed by atoms with van der Waals surface area (Å²) in [4.78, 5) is 14.0. The summed E-state index contributed by atoms with van der Waals surface area (Å²) in [5.74, 6) is 0.615. The number of rotatable bonds is 10. The van der Waals surface area contributed by atoms with E-state index >= 15 is 0 Å². The number of nitrogens with zero attached hydrogens (tertiary/aromatic N) is 1. The Labute approximate surface area is 145 Å². The van der Waals surface area contributed by atoms with Crippen molar-refractivity contribution < 1.29 is 19.4 Å². The quantitative estimate of drug-likeness (QED) is 0.583. The van der Waals surface area contributed by atoms with E-state index in [1.54, 1.807) is 11.9 Å². The first-order valence-electron chi connectivity index (χ1n) is 9.31. The van der Waals surface area contributed by atoms with Crippen molar-refractivity contribution >= 4 is 5.91 Å². The van der Waals surface area contributed by atoms with Gasteiger partial charge in [-0.1, -0.05) is 0 Å². The summed E-state index contributed by atoms with van der Waals surface area (Å²) >= 11 is 0. The molecule has 2 aliphatic rings. The summed E-state index contributed by atoms with van der Waals surface area (Å²) in [6.45, 7) is 5.49. The Morgan fingerprint density at radius 3 is 2.54 bits per heavy atom. The van der Waals surface area contributed by atoms with Crippen molar-refractivity contribution in [2.75, 3.05) is 33.4 Å². The lowest BCUT2D eigenvalue weighted by molar-refractivity contribution is -0.133. The molecule has 24 heavy (non-hydrogen) atoms. The number of hydrogen-bond donors (Lipinski definition) is 2. The predicted octanol–water partition coefficient (Wildman–Crippen LogP) is 1.17. The van der Waals surface area contributed by atoms with Gasteiger partial charge >= 0.3 is 0 Å². The molecule has 140 valence electrons. The van der Waals surface area contributed by atoms with Crippen molar-refractivity contribution in [3.8, 4) is 0 Å². The van der Waals surface area contributed by atoms with E-state index in [9.17, 15) is 9.90 Å². The van der Waals surface area contributed by atoms with Crippen molar-refractivity contribution in [1.82, 2.24) is 10.2 Å². The van der Waals surface area contributed by atoms with E-state index in [1.165, 1.54) is 12.8 Å². The molecule has 0 aromatic heterocycles. The molecule has 2 bridgehead atoms. The number of fused-ring (bicyclic) bond motifs is 2. The van der Waals surface area contributed by atoms with E-state index in [-0.39, 0.29) is 18.6 Å². The molecule has 0 aromatic carbocycles. The molecule has 2 saturated heterocycles. The van der Waals surface area contributed by atoms with Gasteiger partial charge in [-0.05, 0) is 45.4 Å². The number of hydrogen-bond acceptors (Lipinski definition) is 5. The largest absolute Gasteiger partial charge is 0.389 e. The summed E-state index contributed by atoms with van der Waals surface area (Å²) in [5, 5.41) is 13.6. The van der Waals surface area contributed by atoms with Crippen LogP contribution in [0.4, 0.5) is 0 Å². The summed E-state index contributed by atoms with van der Waals surface area (Å²) in [5.41, 5.74) is 0. The molecule has 0 saturated carbocycles. The van der Waals surface area contributed by atoms with Crippen molar-refractivity contribution in [2.24, 2.45) is 5.92 Å². The van der Waals surface area contributed by atoms with Gasteiger partial charge in [-0.25, -0.2) is 0 Å². The molecule has 6 heteroatoms. The van der Waals surface area contributed by atoms with E-state index in [1.807, 2.05) is 13.8 Å². The van der Waals surface area contributed by atoms with Crippen LogP contribution in [0.1, 0.15) is 46.0 Å². The number of carbonyl (C=O) groups excluding carboxylic acids is 1. The minimum Gasteiger partial charge on any atom is -0.389 e. The minimum atomic E-state index is -0.651. The van der Waals surface area contributed by atoms with Crippen LogP contribution in [0, 0.1) is 5.92 Å². The first-order valence-corrected chi connectivity index (χ1v) is 9.31. The average molecular weight is 342 g/mol. The van der Waals surface area contributed by atoms with Crippen molar-refractivity contribution in [3.63, 3.8) is 0 Å². The van der Waals surface area contributed by atoms with Gasteiger partial charge in [-0.3, -0.25) is 4.79 Å². The molecule has 0 aliphatic carbocycles. The Balaban J connectivity index is 1.58. The lowest BCUT2D eigenvalue weighted by Crippen LogP contribution is -2.41. The van der Waals surface area contributed by atoms with E-state index < -0.39 is 6.10 Å². The summed E-state index contributed by atoms with van der Waals surface area (Å²) in [6, 6.07) is 1.22. The molecule has 3 unspecified atom stereocenters. The molecule has 2 heterocycles. The van der Waals surface area contributed by atoms with E-state index in [2.05, 4.69) is 5.32 Å². The molecule has 0 radical (unpaired) electrons. The summed E-state index contributed by atoms with van der Waals surface area (Å²) in [7, 11) is 1.77. The lowest BCUT2D eigenvalue weighted by atomic mass is 9.89. The second-order valence-corrected chi connectivity index (χ2v) is 7.60. The zero-order chi connectivity index (χ0) is 17.5. The lowest BCUT2D eigenvalue weighted by Gasteiger charge is -2.30. The average Bonchev–Trinajstić information content (AvgIpc) is 2.85. The third-order valence-electron chi connectivity index (χ3n) is 4.93. The van der Waals surface area contributed by atoms with Crippen LogP contribution < -0.4 is 5.32 Å². The molecule has 2 aliphatic heterocycles. The number of piperidine rings is 1. The third kappa shape index (κ3) is 6.67. The number of aliphatic hydroxyl groups is 1. The number of carbonyl (C=O) groups is 1. The number of aliphatic hydroxyl groups excluding tert-OH is 1. The molecule has 3 atom stereocenters. The highest BCUT2D eigenvalue weighted by Crippen LogP contribution is 2.32. The molecule has 0 spiro atoms. The molecule has 6 nitrogen and oxygen atoms in total. The van der Waals surface area contributed by atoms with E-state index in [4.69, 9.17) is 9.47 Å².